The van der Waals surface area contributed by atoms with Crippen LogP contribution in [0.25, 0.3) is 0 Å². The Labute approximate surface area is 187 Å². The number of nitrogens with zero attached hydrogens (tertiary/aromatic N) is 3. The van der Waals surface area contributed by atoms with Crippen molar-refractivity contribution in [3.05, 3.63) is 64.9 Å². The minimum atomic E-state index is -0.441. The van der Waals surface area contributed by atoms with Gasteiger partial charge in [0.1, 0.15) is 23.8 Å². The van der Waals surface area contributed by atoms with Crippen molar-refractivity contribution in [2.75, 3.05) is 18.4 Å². The molecule has 0 saturated carbocycles. The highest BCUT2D eigenvalue weighted by molar-refractivity contribution is 6.07. The van der Waals surface area contributed by atoms with Gasteiger partial charge in [-0.15, -0.1) is 0 Å². The fraction of sp³-hybridized carbons (Fsp3) is 0.375. The molecule has 8 nitrogen and oxygen atoms in total. The number of rotatable bonds is 6. The normalized spacial score (nSPS) is 13.8. The van der Waals surface area contributed by atoms with Crippen LogP contribution in [0.3, 0.4) is 0 Å². The van der Waals surface area contributed by atoms with Crippen molar-refractivity contribution < 1.29 is 18.7 Å². The lowest BCUT2D eigenvalue weighted by molar-refractivity contribution is 0.0714. The molecule has 3 aromatic rings. The van der Waals surface area contributed by atoms with Crippen LogP contribution in [0.15, 0.2) is 40.9 Å². The van der Waals surface area contributed by atoms with Gasteiger partial charge < -0.3 is 19.4 Å². The summed E-state index contributed by atoms with van der Waals surface area (Å²) in [4.78, 5) is 27.5. The van der Waals surface area contributed by atoms with Crippen molar-refractivity contribution in [2.45, 2.75) is 39.7 Å². The molecule has 0 unspecified atom stereocenters. The molecule has 1 aliphatic rings. The lowest BCUT2D eigenvalue weighted by Gasteiger charge is -2.27. The van der Waals surface area contributed by atoms with E-state index in [0.29, 0.717) is 17.1 Å². The summed E-state index contributed by atoms with van der Waals surface area (Å²) in [5.74, 6) is 0.927. The Balaban J connectivity index is 1.43. The Bertz CT molecular complexity index is 1100. The highest BCUT2D eigenvalue weighted by Gasteiger charge is 2.26. The van der Waals surface area contributed by atoms with Crippen molar-refractivity contribution in [2.24, 2.45) is 7.05 Å². The zero-order chi connectivity index (χ0) is 22.7. The van der Waals surface area contributed by atoms with E-state index >= 15 is 0 Å². The number of piperidine rings is 1. The molecule has 1 saturated heterocycles. The third-order valence-electron chi connectivity index (χ3n) is 5.69. The van der Waals surface area contributed by atoms with E-state index in [4.69, 9.17) is 9.15 Å². The van der Waals surface area contributed by atoms with Gasteiger partial charge in [-0.1, -0.05) is 18.2 Å². The average Bonchev–Trinajstić information content (AvgIpc) is 3.40. The molecular formula is C24H28N4O4. The van der Waals surface area contributed by atoms with Gasteiger partial charge in [0.05, 0.1) is 11.9 Å². The molecule has 2 amide bonds. The Kier molecular flexibility index (Phi) is 6.30. The SMILES string of the molecule is Cc1cccc(C)c1OCc1ccc(C(=O)Nc2cnn(C)c2C(=O)N2CCCCC2)o1. The van der Waals surface area contributed by atoms with Crippen molar-refractivity contribution in [3.8, 4) is 5.75 Å². The Morgan fingerprint density at radius 1 is 1.09 bits per heavy atom. The van der Waals surface area contributed by atoms with Crippen LogP contribution in [0.4, 0.5) is 5.69 Å². The second-order valence-electron chi connectivity index (χ2n) is 8.11. The fourth-order valence-electron chi connectivity index (χ4n) is 3.96. The predicted molar refractivity (Wildman–Crippen MR) is 120 cm³/mol. The summed E-state index contributed by atoms with van der Waals surface area (Å²) in [6, 6.07) is 9.27. The molecule has 168 valence electrons. The summed E-state index contributed by atoms with van der Waals surface area (Å²) in [7, 11) is 1.70. The maximum absolute atomic E-state index is 13.0. The first kappa shape index (κ1) is 21.7. The summed E-state index contributed by atoms with van der Waals surface area (Å²) < 4.78 is 13.1. The molecule has 3 heterocycles. The van der Waals surface area contributed by atoms with E-state index in [9.17, 15) is 9.59 Å². The topological polar surface area (TPSA) is 89.6 Å². The summed E-state index contributed by atoms with van der Waals surface area (Å²) in [5, 5.41) is 6.94. The number of benzene rings is 1. The van der Waals surface area contributed by atoms with Gasteiger partial charge in [0.25, 0.3) is 11.8 Å². The van der Waals surface area contributed by atoms with Crippen LogP contribution in [-0.2, 0) is 13.7 Å². The molecule has 0 spiro atoms. The van der Waals surface area contributed by atoms with E-state index in [0.717, 1.165) is 49.2 Å². The zero-order valence-corrected chi connectivity index (χ0v) is 18.7. The van der Waals surface area contributed by atoms with Crippen LogP contribution < -0.4 is 10.1 Å². The molecule has 0 atom stereocenters. The molecule has 1 aliphatic heterocycles. The fourth-order valence-corrected chi connectivity index (χ4v) is 3.96. The van der Waals surface area contributed by atoms with Gasteiger partial charge in [-0.3, -0.25) is 14.3 Å². The Morgan fingerprint density at radius 2 is 1.81 bits per heavy atom. The number of nitrogens with one attached hydrogen (secondary N) is 1. The first-order chi connectivity index (χ1) is 15.4. The van der Waals surface area contributed by atoms with Gasteiger partial charge in [0.15, 0.2) is 5.76 Å². The monoisotopic (exact) mass is 436 g/mol. The Hall–Kier alpha value is -3.55. The van der Waals surface area contributed by atoms with E-state index in [1.807, 2.05) is 36.9 Å². The standard InChI is InChI=1S/C24H28N4O4/c1-16-8-7-9-17(2)22(16)31-15-18-10-11-20(32-18)23(29)26-19-14-25-27(3)21(19)24(30)28-12-5-4-6-13-28/h7-11,14H,4-6,12-13,15H2,1-3H3,(H,26,29). The second-order valence-corrected chi connectivity index (χ2v) is 8.11. The largest absolute Gasteiger partial charge is 0.485 e. The highest BCUT2D eigenvalue weighted by atomic mass is 16.5. The van der Waals surface area contributed by atoms with Gasteiger partial charge in [-0.2, -0.15) is 5.10 Å². The van der Waals surface area contributed by atoms with Gasteiger partial charge in [0.2, 0.25) is 0 Å². The van der Waals surface area contributed by atoms with E-state index in [1.54, 1.807) is 19.2 Å². The number of amides is 2. The molecule has 1 fully saturated rings. The first-order valence-electron chi connectivity index (χ1n) is 10.8. The van der Waals surface area contributed by atoms with Gasteiger partial charge in [0, 0.05) is 20.1 Å². The summed E-state index contributed by atoms with van der Waals surface area (Å²) in [6.45, 7) is 5.63. The third kappa shape index (κ3) is 4.54. The summed E-state index contributed by atoms with van der Waals surface area (Å²) >= 11 is 0. The van der Waals surface area contributed by atoms with Crippen LogP contribution >= 0.6 is 0 Å². The number of ether oxygens (including phenoxy) is 1. The van der Waals surface area contributed by atoms with E-state index in [1.165, 1.54) is 10.9 Å². The first-order valence-corrected chi connectivity index (χ1v) is 10.8. The zero-order valence-electron chi connectivity index (χ0n) is 18.7. The number of aryl methyl sites for hydroxylation is 3. The molecule has 2 aromatic heterocycles. The minimum Gasteiger partial charge on any atom is -0.485 e. The van der Waals surface area contributed by atoms with Gasteiger partial charge >= 0.3 is 0 Å². The second kappa shape index (κ2) is 9.30. The van der Waals surface area contributed by atoms with Crippen molar-refractivity contribution in [3.63, 3.8) is 0 Å². The average molecular weight is 437 g/mol. The molecule has 4 rings (SSSR count). The molecule has 0 bridgehead atoms. The van der Waals surface area contributed by atoms with Crippen LogP contribution in [0.1, 0.15) is 57.2 Å². The quantitative estimate of drug-likeness (QED) is 0.629. The number of anilines is 1. The van der Waals surface area contributed by atoms with Crippen molar-refractivity contribution in [1.29, 1.82) is 0 Å². The van der Waals surface area contributed by atoms with Crippen molar-refractivity contribution >= 4 is 17.5 Å². The van der Waals surface area contributed by atoms with E-state index in [-0.39, 0.29) is 18.3 Å². The van der Waals surface area contributed by atoms with Crippen LogP contribution in [0.5, 0.6) is 5.75 Å². The highest BCUT2D eigenvalue weighted by Crippen LogP contribution is 2.24. The number of carbonyl (C=O) groups is 2. The lowest BCUT2D eigenvalue weighted by Crippen LogP contribution is -2.37. The third-order valence-corrected chi connectivity index (χ3v) is 5.69. The number of furan rings is 1. The maximum Gasteiger partial charge on any atom is 0.291 e. The number of likely N-dealkylation sites (tertiary alicyclic amines) is 1. The van der Waals surface area contributed by atoms with Crippen LogP contribution in [-0.4, -0.2) is 39.6 Å². The number of aromatic nitrogens is 2. The van der Waals surface area contributed by atoms with E-state index in [2.05, 4.69) is 10.4 Å². The smallest absolute Gasteiger partial charge is 0.291 e. The molecule has 32 heavy (non-hydrogen) atoms. The molecule has 1 aromatic carbocycles. The maximum atomic E-state index is 13.0. The summed E-state index contributed by atoms with van der Waals surface area (Å²) in [6.07, 6.45) is 4.60. The molecule has 0 aliphatic carbocycles. The molecule has 0 radical (unpaired) electrons. The van der Waals surface area contributed by atoms with Crippen LogP contribution in [0.2, 0.25) is 0 Å². The Morgan fingerprint density at radius 3 is 2.53 bits per heavy atom. The summed E-state index contributed by atoms with van der Waals surface area (Å²) in [5.41, 5.74) is 2.82. The number of hydrogen-bond acceptors (Lipinski definition) is 5. The molecular weight excluding hydrogens is 408 g/mol. The van der Waals surface area contributed by atoms with Crippen LogP contribution in [0, 0.1) is 13.8 Å². The molecule has 1 N–H and O–H groups in total. The van der Waals surface area contributed by atoms with Gasteiger partial charge in [-0.05, 0) is 56.4 Å². The van der Waals surface area contributed by atoms with E-state index < -0.39 is 5.91 Å². The number of carbonyl (C=O) groups excluding carboxylic acids is 2. The number of para-hydroxylation sites is 1. The lowest BCUT2D eigenvalue weighted by atomic mass is 10.1. The number of hydrogen-bond donors (Lipinski definition) is 1. The minimum absolute atomic E-state index is 0.123. The molecule has 8 heteroatoms. The van der Waals surface area contributed by atoms with Gasteiger partial charge in [-0.25, -0.2) is 0 Å². The predicted octanol–water partition coefficient (Wildman–Crippen LogP) is 4.09. The van der Waals surface area contributed by atoms with Crippen molar-refractivity contribution in [1.82, 2.24) is 14.7 Å².